The van der Waals surface area contributed by atoms with Crippen LogP contribution < -0.4 is 0 Å². The van der Waals surface area contributed by atoms with Gasteiger partial charge < -0.3 is 18.6 Å². The van der Waals surface area contributed by atoms with Gasteiger partial charge in [0.15, 0.2) is 0 Å². The number of carbonyl (C=O) groups excluding carboxylic acids is 4. The molecule has 2 amide bonds. The highest BCUT2D eigenvalue weighted by Crippen LogP contribution is 2.25. The molecule has 0 fully saturated rings. The molecule has 2 heterocycles. The van der Waals surface area contributed by atoms with Gasteiger partial charge in [0.2, 0.25) is 23.2 Å². The van der Waals surface area contributed by atoms with Crippen molar-refractivity contribution in [3.8, 4) is 0 Å². The predicted octanol–water partition coefficient (Wildman–Crippen LogP) is 7.47. The van der Waals surface area contributed by atoms with E-state index in [0.717, 1.165) is 44.7 Å². The Bertz CT molecular complexity index is 2240. The lowest BCUT2D eigenvalue weighted by atomic mass is 10.2. The van der Waals surface area contributed by atoms with Crippen LogP contribution in [0.1, 0.15) is 43.2 Å². The molecule has 2 aromatic heterocycles. The minimum atomic E-state index is -0.771. The first-order chi connectivity index (χ1) is 28.3. The zero-order valence-corrected chi connectivity index (χ0v) is 31.6. The number of ether oxygens (including phenoxy) is 2. The summed E-state index contributed by atoms with van der Waals surface area (Å²) in [7, 11) is 2.44. The number of hydrogen-bond acceptors (Lipinski definition) is 12. The van der Waals surface area contributed by atoms with Crippen LogP contribution >= 0.6 is 0 Å². The fraction of sp³-hybridized carbons (Fsp3) is 0.143. The van der Waals surface area contributed by atoms with Gasteiger partial charge in [-0.25, -0.2) is 19.6 Å². The Hall–Kier alpha value is -7.88. The molecule has 4 aromatic carbocycles. The first-order valence-corrected chi connectivity index (χ1v) is 17.9. The summed E-state index contributed by atoms with van der Waals surface area (Å²) in [4.78, 5) is 61.9. The maximum absolute atomic E-state index is 13.9. The number of rotatable bonds is 16. The van der Waals surface area contributed by atoms with Crippen molar-refractivity contribution in [2.45, 2.75) is 26.2 Å². The molecule has 6 rings (SSSR count). The van der Waals surface area contributed by atoms with Gasteiger partial charge in [0.1, 0.15) is 11.4 Å². The maximum atomic E-state index is 13.9. The minimum Gasteiger partial charge on any atom is -0.451 e. The summed E-state index contributed by atoms with van der Waals surface area (Å²) in [6.07, 6.45) is 3.30. The van der Waals surface area contributed by atoms with Crippen molar-refractivity contribution in [1.29, 1.82) is 0 Å². The number of benzene rings is 4. The summed E-state index contributed by atoms with van der Waals surface area (Å²) in [6.45, 7) is 0.578. The van der Waals surface area contributed by atoms with Gasteiger partial charge in [0, 0.05) is 13.1 Å². The molecule has 16 heteroatoms. The van der Waals surface area contributed by atoms with Crippen molar-refractivity contribution in [2.24, 2.45) is 20.4 Å². The van der Waals surface area contributed by atoms with Crippen LogP contribution in [-0.4, -0.2) is 79.5 Å². The highest BCUT2D eigenvalue weighted by molar-refractivity contribution is 6.36. The van der Waals surface area contributed by atoms with Crippen molar-refractivity contribution in [1.82, 2.24) is 29.1 Å². The third kappa shape index (κ3) is 10.4. The van der Waals surface area contributed by atoms with Crippen LogP contribution in [0, 0.1) is 0 Å². The van der Waals surface area contributed by atoms with E-state index in [4.69, 9.17) is 9.47 Å². The van der Waals surface area contributed by atoms with Gasteiger partial charge in [-0.2, -0.15) is 20.2 Å². The van der Waals surface area contributed by atoms with E-state index in [1.165, 1.54) is 26.9 Å². The van der Waals surface area contributed by atoms with Crippen molar-refractivity contribution >= 4 is 47.8 Å². The SMILES string of the molecule is COC(=O)N(Cc1ccccc1)/N=C\C(=O)c1c(/N=N/c2ncn(Cc3ccccc3)c2C(=O)/C=N/N(Cc2ccccc2)C(=O)OC)ncn1Cc1ccccc1. The first-order valence-electron chi connectivity index (χ1n) is 17.9. The molecular weight excluding hydrogens is 741 g/mol. The normalized spacial score (nSPS) is 11.3. The third-order valence-corrected chi connectivity index (χ3v) is 8.48. The molecule has 6 aromatic rings. The van der Waals surface area contributed by atoms with Gasteiger partial charge in [-0.1, -0.05) is 121 Å². The molecule has 0 atom stereocenters. The molecule has 292 valence electrons. The van der Waals surface area contributed by atoms with E-state index in [2.05, 4.69) is 30.4 Å². The Morgan fingerprint density at radius 1 is 0.534 bits per heavy atom. The monoisotopic (exact) mass is 778 g/mol. The zero-order chi connectivity index (χ0) is 40.7. The van der Waals surface area contributed by atoms with Crippen LogP contribution in [0.2, 0.25) is 0 Å². The van der Waals surface area contributed by atoms with Crippen LogP contribution in [0.25, 0.3) is 0 Å². The molecule has 0 bridgehead atoms. The van der Waals surface area contributed by atoms with Crippen molar-refractivity contribution in [3.63, 3.8) is 0 Å². The number of imidazole rings is 2. The molecule has 16 nitrogen and oxygen atoms in total. The Morgan fingerprint density at radius 2 is 0.862 bits per heavy atom. The first kappa shape index (κ1) is 39.8. The van der Waals surface area contributed by atoms with Gasteiger partial charge in [-0.15, -0.1) is 10.2 Å². The zero-order valence-electron chi connectivity index (χ0n) is 31.6. The number of azo groups is 1. The topological polar surface area (TPSA) is 178 Å². The number of ketones is 2. The average molecular weight is 779 g/mol. The Morgan fingerprint density at radius 3 is 1.19 bits per heavy atom. The molecule has 0 aliphatic heterocycles. The number of hydrogen-bond donors (Lipinski definition) is 0. The number of amides is 2. The third-order valence-electron chi connectivity index (χ3n) is 8.48. The Balaban J connectivity index is 1.34. The van der Waals surface area contributed by atoms with Gasteiger partial charge in [0.05, 0.1) is 52.4 Å². The molecule has 58 heavy (non-hydrogen) atoms. The summed E-state index contributed by atoms with van der Waals surface area (Å²) in [6, 6.07) is 37.0. The van der Waals surface area contributed by atoms with Crippen LogP contribution in [0.4, 0.5) is 21.2 Å². The number of hydrazone groups is 2. The van der Waals surface area contributed by atoms with Gasteiger partial charge in [0.25, 0.3) is 0 Å². The van der Waals surface area contributed by atoms with E-state index in [1.807, 2.05) is 121 Å². The van der Waals surface area contributed by atoms with E-state index in [0.29, 0.717) is 0 Å². The van der Waals surface area contributed by atoms with Gasteiger partial charge >= 0.3 is 12.2 Å². The Kier molecular flexibility index (Phi) is 13.5. The van der Waals surface area contributed by atoms with Crippen molar-refractivity contribution in [3.05, 3.63) is 168 Å². The average Bonchev–Trinajstić information content (AvgIpc) is 3.86. The van der Waals surface area contributed by atoms with E-state index in [-0.39, 0.29) is 49.2 Å². The largest absolute Gasteiger partial charge is 0.451 e. The van der Waals surface area contributed by atoms with Crippen molar-refractivity contribution < 1.29 is 28.7 Å². The van der Waals surface area contributed by atoms with Crippen LogP contribution in [0.15, 0.2) is 154 Å². The number of methoxy groups -OCH3 is 2. The predicted molar refractivity (Wildman–Crippen MR) is 214 cm³/mol. The molecule has 0 unspecified atom stereocenters. The van der Waals surface area contributed by atoms with Crippen LogP contribution in [0.5, 0.6) is 0 Å². The van der Waals surface area contributed by atoms with E-state index < -0.39 is 23.8 Å². The lowest BCUT2D eigenvalue weighted by Gasteiger charge is -2.15. The summed E-state index contributed by atoms with van der Waals surface area (Å²) < 4.78 is 13.0. The highest BCUT2D eigenvalue weighted by Gasteiger charge is 2.23. The second-order valence-electron chi connectivity index (χ2n) is 12.5. The lowest BCUT2D eigenvalue weighted by Crippen LogP contribution is -2.26. The molecule has 0 aliphatic carbocycles. The van der Waals surface area contributed by atoms with E-state index in [1.54, 1.807) is 9.13 Å². The molecule has 0 saturated heterocycles. The minimum absolute atomic E-state index is 0.00803. The van der Waals surface area contributed by atoms with Crippen LogP contribution in [-0.2, 0) is 35.7 Å². The fourth-order valence-corrected chi connectivity index (χ4v) is 5.68. The second-order valence-corrected chi connectivity index (χ2v) is 12.5. The van der Waals surface area contributed by atoms with Gasteiger partial charge in [-0.3, -0.25) is 9.59 Å². The summed E-state index contributed by atoms with van der Waals surface area (Å²) in [5.41, 5.74) is 3.28. The number of aromatic nitrogens is 4. The highest BCUT2D eigenvalue weighted by atomic mass is 16.5. The molecule has 0 saturated carbocycles. The Labute approximate surface area is 333 Å². The smallest absolute Gasteiger partial charge is 0.430 e. The number of nitrogens with zero attached hydrogens (tertiary/aromatic N) is 10. The molecule has 0 spiro atoms. The number of carbonyl (C=O) groups is 4. The quantitative estimate of drug-likeness (QED) is 0.0420. The van der Waals surface area contributed by atoms with Crippen molar-refractivity contribution in [2.75, 3.05) is 14.2 Å². The standard InChI is InChI=1S/C42H38N10O6/c1-57-41(55)51(27-33-19-11-5-12-20-33)45-23-35(53)37-39(43-29-49(37)25-31-15-7-3-8-16-31)47-48-40-38(50(30-44-40)26-32-17-9-4-10-18-32)36(54)24-46-52(42(56)58-2)28-34-21-13-6-14-22-34/h3-24,29-30H,25-28H2,1-2H3/b45-23-,46-24+,48-47+. The van der Waals surface area contributed by atoms with Crippen LogP contribution in [0.3, 0.4) is 0 Å². The lowest BCUT2D eigenvalue weighted by molar-refractivity contribution is 0.104. The maximum Gasteiger partial charge on any atom is 0.430 e. The summed E-state index contributed by atoms with van der Waals surface area (Å²) >= 11 is 0. The fourth-order valence-electron chi connectivity index (χ4n) is 5.68. The molecular formula is C42H38N10O6. The summed E-state index contributed by atoms with van der Waals surface area (Å²) in [5, 5.41) is 19.0. The van der Waals surface area contributed by atoms with E-state index in [9.17, 15) is 19.2 Å². The number of Topliss-reactive ketones (excluding diaryl/α,β-unsaturated/α-hetero) is 2. The van der Waals surface area contributed by atoms with E-state index >= 15 is 0 Å². The summed E-state index contributed by atoms with van der Waals surface area (Å²) in [5.74, 6) is -1.46. The second kappa shape index (κ2) is 19.6. The molecule has 0 aliphatic rings. The van der Waals surface area contributed by atoms with Gasteiger partial charge in [-0.05, 0) is 22.3 Å². The molecule has 0 N–H and O–H groups in total. The molecule has 0 radical (unpaired) electrons.